The zero-order chi connectivity index (χ0) is 20.2. The van der Waals surface area contributed by atoms with E-state index in [0.29, 0.717) is 11.3 Å². The number of carbonyl (C=O) groups is 1. The highest BCUT2D eigenvalue weighted by Gasteiger charge is 2.11. The summed E-state index contributed by atoms with van der Waals surface area (Å²) in [6.07, 6.45) is 1.34. The standard InChI is InChI=1S/C21H15N5O3/c27-21(25-22-13-14-4-3-7-18(10-14)26(28)29)20-12-19(23-24-20)17-9-8-15-5-1-2-6-16(15)11-17/h1-13H,(H,23,24)(H,25,27)/b22-13+. The molecular formula is C21H15N5O3. The molecule has 0 unspecified atom stereocenters. The van der Waals surface area contributed by atoms with Gasteiger partial charge in [-0.2, -0.15) is 10.2 Å². The van der Waals surface area contributed by atoms with Crippen molar-refractivity contribution >= 4 is 28.6 Å². The number of nitro benzene ring substituents is 1. The maximum atomic E-state index is 12.3. The van der Waals surface area contributed by atoms with Crippen molar-refractivity contribution in [1.82, 2.24) is 15.6 Å². The van der Waals surface area contributed by atoms with E-state index in [0.717, 1.165) is 16.3 Å². The lowest BCUT2D eigenvalue weighted by Gasteiger charge is -2.00. The fourth-order valence-electron chi connectivity index (χ4n) is 2.88. The first kappa shape index (κ1) is 18.1. The van der Waals surface area contributed by atoms with Crippen LogP contribution in [0.5, 0.6) is 0 Å². The van der Waals surface area contributed by atoms with E-state index in [4.69, 9.17) is 0 Å². The molecule has 8 nitrogen and oxygen atoms in total. The van der Waals surface area contributed by atoms with Gasteiger partial charge in [0.05, 0.1) is 16.8 Å². The van der Waals surface area contributed by atoms with Crippen molar-refractivity contribution in [3.63, 3.8) is 0 Å². The SMILES string of the molecule is O=C(N/N=C/c1cccc([N+](=O)[O-])c1)c1cc(-c2ccc3ccccc3c2)n[nH]1. The Hall–Kier alpha value is -4.33. The smallest absolute Gasteiger partial charge is 0.272 e. The quantitative estimate of drug-likeness (QED) is 0.308. The molecule has 0 spiro atoms. The minimum Gasteiger partial charge on any atom is -0.272 e. The molecule has 0 aliphatic carbocycles. The van der Waals surface area contributed by atoms with Crippen LogP contribution in [-0.2, 0) is 0 Å². The second-order valence-corrected chi connectivity index (χ2v) is 6.28. The molecule has 2 N–H and O–H groups in total. The number of nitrogens with one attached hydrogen (secondary N) is 2. The number of nitro groups is 1. The van der Waals surface area contributed by atoms with Gasteiger partial charge >= 0.3 is 0 Å². The molecule has 0 aliphatic heterocycles. The van der Waals surface area contributed by atoms with Gasteiger partial charge in [-0.25, -0.2) is 5.43 Å². The number of rotatable bonds is 5. The monoisotopic (exact) mass is 385 g/mol. The van der Waals surface area contributed by atoms with Crippen LogP contribution >= 0.6 is 0 Å². The molecule has 1 amide bonds. The number of aromatic nitrogens is 2. The van der Waals surface area contributed by atoms with Crippen LogP contribution in [0.4, 0.5) is 5.69 Å². The van der Waals surface area contributed by atoms with Gasteiger partial charge in [0.25, 0.3) is 11.6 Å². The zero-order valence-electron chi connectivity index (χ0n) is 15.1. The second kappa shape index (κ2) is 7.73. The average Bonchev–Trinajstić information content (AvgIpc) is 3.24. The number of H-pyrrole nitrogens is 1. The summed E-state index contributed by atoms with van der Waals surface area (Å²) >= 11 is 0. The van der Waals surface area contributed by atoms with E-state index < -0.39 is 10.8 Å². The number of fused-ring (bicyclic) bond motifs is 1. The summed E-state index contributed by atoms with van der Waals surface area (Å²) < 4.78 is 0. The van der Waals surface area contributed by atoms with Crippen LogP contribution < -0.4 is 5.43 Å². The van der Waals surface area contributed by atoms with Crippen molar-refractivity contribution in [2.75, 3.05) is 0 Å². The summed E-state index contributed by atoms with van der Waals surface area (Å²) in [6, 6.07) is 21.5. The molecule has 29 heavy (non-hydrogen) atoms. The van der Waals surface area contributed by atoms with E-state index >= 15 is 0 Å². The largest absolute Gasteiger partial charge is 0.289 e. The van der Waals surface area contributed by atoms with Crippen molar-refractivity contribution in [2.45, 2.75) is 0 Å². The third-order valence-corrected chi connectivity index (χ3v) is 4.33. The van der Waals surface area contributed by atoms with Gasteiger partial charge < -0.3 is 0 Å². The van der Waals surface area contributed by atoms with E-state index in [1.54, 1.807) is 18.2 Å². The predicted octanol–water partition coefficient (Wildman–Crippen LogP) is 3.90. The summed E-state index contributed by atoms with van der Waals surface area (Å²) in [5, 5.41) is 23.7. The Balaban J connectivity index is 1.46. The molecule has 1 aromatic heterocycles. The molecule has 4 aromatic rings. The van der Waals surface area contributed by atoms with Gasteiger partial charge in [-0.15, -0.1) is 0 Å². The molecule has 0 saturated heterocycles. The van der Waals surface area contributed by atoms with Gasteiger partial charge in [-0.1, -0.05) is 48.5 Å². The molecule has 0 radical (unpaired) electrons. The number of benzene rings is 3. The van der Waals surface area contributed by atoms with Crippen molar-refractivity contribution in [3.8, 4) is 11.3 Å². The summed E-state index contributed by atoms with van der Waals surface area (Å²) in [5.41, 5.74) is 4.62. The number of aromatic amines is 1. The van der Waals surface area contributed by atoms with E-state index in [9.17, 15) is 14.9 Å². The van der Waals surface area contributed by atoms with E-state index in [-0.39, 0.29) is 11.4 Å². The Morgan fingerprint density at radius 3 is 2.69 bits per heavy atom. The number of hydrogen-bond donors (Lipinski definition) is 2. The maximum absolute atomic E-state index is 12.3. The van der Waals surface area contributed by atoms with Crippen molar-refractivity contribution in [3.05, 3.63) is 94.2 Å². The molecule has 1 heterocycles. The summed E-state index contributed by atoms with van der Waals surface area (Å²) in [4.78, 5) is 22.6. The van der Waals surface area contributed by atoms with E-state index in [1.807, 2.05) is 42.5 Å². The highest BCUT2D eigenvalue weighted by atomic mass is 16.6. The maximum Gasteiger partial charge on any atom is 0.289 e. The third-order valence-electron chi connectivity index (χ3n) is 4.33. The third kappa shape index (κ3) is 4.01. The molecule has 0 fully saturated rings. The van der Waals surface area contributed by atoms with Crippen LogP contribution in [0, 0.1) is 10.1 Å². The summed E-state index contributed by atoms with van der Waals surface area (Å²) in [5.74, 6) is -0.466. The summed E-state index contributed by atoms with van der Waals surface area (Å²) in [6.45, 7) is 0. The average molecular weight is 385 g/mol. The molecule has 8 heteroatoms. The van der Waals surface area contributed by atoms with Crippen LogP contribution in [0.1, 0.15) is 16.1 Å². The lowest BCUT2D eigenvalue weighted by Crippen LogP contribution is -2.18. The highest BCUT2D eigenvalue weighted by Crippen LogP contribution is 2.23. The number of carbonyl (C=O) groups excluding carboxylic acids is 1. The Morgan fingerprint density at radius 2 is 1.86 bits per heavy atom. The molecule has 4 rings (SSSR count). The topological polar surface area (TPSA) is 113 Å². The van der Waals surface area contributed by atoms with Gasteiger partial charge in [0.2, 0.25) is 0 Å². The first-order chi connectivity index (χ1) is 14.1. The number of non-ortho nitro benzene ring substituents is 1. The Labute approximate surface area is 165 Å². The van der Waals surface area contributed by atoms with Crippen molar-refractivity contribution in [1.29, 1.82) is 0 Å². The van der Waals surface area contributed by atoms with Crippen molar-refractivity contribution < 1.29 is 9.72 Å². The van der Waals surface area contributed by atoms with Crippen molar-refractivity contribution in [2.24, 2.45) is 5.10 Å². The first-order valence-electron chi connectivity index (χ1n) is 8.72. The number of nitrogens with zero attached hydrogens (tertiary/aromatic N) is 3. The van der Waals surface area contributed by atoms with Crippen LogP contribution in [0.15, 0.2) is 77.9 Å². The van der Waals surface area contributed by atoms with Gasteiger partial charge in [0.15, 0.2) is 0 Å². The zero-order valence-corrected chi connectivity index (χ0v) is 15.1. The van der Waals surface area contributed by atoms with Crippen LogP contribution in [-0.4, -0.2) is 27.2 Å². The van der Waals surface area contributed by atoms with Crippen LogP contribution in [0.3, 0.4) is 0 Å². The molecule has 0 saturated carbocycles. The van der Waals surface area contributed by atoms with Gasteiger partial charge in [0.1, 0.15) is 5.69 Å². The normalized spacial score (nSPS) is 11.0. The van der Waals surface area contributed by atoms with Gasteiger partial charge in [-0.3, -0.25) is 20.0 Å². The molecule has 0 atom stereocenters. The molecular weight excluding hydrogens is 370 g/mol. The minimum absolute atomic E-state index is 0.0473. The van der Waals surface area contributed by atoms with E-state index in [2.05, 4.69) is 20.7 Å². The fraction of sp³-hybridized carbons (Fsp3) is 0. The minimum atomic E-state index is -0.491. The molecule has 142 valence electrons. The molecule has 3 aromatic carbocycles. The highest BCUT2D eigenvalue weighted by molar-refractivity contribution is 5.94. The first-order valence-corrected chi connectivity index (χ1v) is 8.72. The number of hydrazone groups is 1. The fourth-order valence-corrected chi connectivity index (χ4v) is 2.88. The number of amides is 1. The summed E-state index contributed by atoms with van der Waals surface area (Å²) in [7, 11) is 0. The number of hydrogen-bond acceptors (Lipinski definition) is 5. The van der Waals surface area contributed by atoms with Gasteiger partial charge in [0, 0.05) is 23.3 Å². The van der Waals surface area contributed by atoms with Crippen LogP contribution in [0.2, 0.25) is 0 Å². The Morgan fingerprint density at radius 1 is 1.03 bits per heavy atom. The van der Waals surface area contributed by atoms with Gasteiger partial charge in [-0.05, 0) is 22.9 Å². The lowest BCUT2D eigenvalue weighted by atomic mass is 10.1. The lowest BCUT2D eigenvalue weighted by molar-refractivity contribution is -0.384. The second-order valence-electron chi connectivity index (χ2n) is 6.28. The van der Waals surface area contributed by atoms with Crippen LogP contribution in [0.25, 0.3) is 22.0 Å². The molecule has 0 aliphatic rings. The Bertz CT molecular complexity index is 1250. The predicted molar refractivity (Wildman–Crippen MR) is 110 cm³/mol. The van der Waals surface area contributed by atoms with E-state index in [1.165, 1.54) is 18.3 Å². The molecule has 0 bridgehead atoms. The Kier molecular flexibility index (Phi) is 4.81.